The lowest BCUT2D eigenvalue weighted by molar-refractivity contribution is -0.129. The number of urea groups is 1. The maximum absolute atomic E-state index is 12.5. The summed E-state index contributed by atoms with van der Waals surface area (Å²) in [5.74, 6) is 0.606. The fraction of sp³-hybridized carbons (Fsp3) is 0.500. The number of fused-ring (bicyclic) bond motifs is 1. The Morgan fingerprint density at radius 2 is 2.04 bits per heavy atom. The molecule has 1 atom stereocenters. The quantitative estimate of drug-likeness (QED) is 0.459. The van der Waals surface area contributed by atoms with Gasteiger partial charge in [0.15, 0.2) is 17.8 Å². The second-order valence-corrected chi connectivity index (χ2v) is 6.36. The summed E-state index contributed by atoms with van der Waals surface area (Å²) in [4.78, 5) is 37.8. The Hall–Kier alpha value is -2.85. The van der Waals surface area contributed by atoms with Gasteiger partial charge >= 0.3 is 6.03 Å². The van der Waals surface area contributed by atoms with Crippen LogP contribution in [0.25, 0.3) is 0 Å². The molecule has 0 bridgehead atoms. The van der Waals surface area contributed by atoms with Crippen LogP contribution in [0.2, 0.25) is 0 Å². The lowest BCUT2D eigenvalue weighted by atomic mass is 10.1. The van der Waals surface area contributed by atoms with E-state index in [2.05, 4.69) is 10.6 Å². The third-order valence-electron chi connectivity index (χ3n) is 4.54. The molecule has 28 heavy (non-hydrogen) atoms. The van der Waals surface area contributed by atoms with E-state index in [4.69, 9.17) is 18.9 Å². The SMILES string of the molecule is COC(CNC(=O)CCC1NC(=O)N(Cc2ccc3c(c2)OCO3)C1=O)OC. The second kappa shape index (κ2) is 8.89. The van der Waals surface area contributed by atoms with Crippen LogP contribution in [0.1, 0.15) is 18.4 Å². The van der Waals surface area contributed by atoms with Crippen molar-refractivity contribution in [1.82, 2.24) is 15.5 Å². The summed E-state index contributed by atoms with van der Waals surface area (Å²) in [6.07, 6.45) is -0.234. The first-order valence-electron chi connectivity index (χ1n) is 8.84. The molecule has 1 unspecified atom stereocenters. The molecule has 2 N–H and O–H groups in total. The third-order valence-corrected chi connectivity index (χ3v) is 4.54. The molecule has 0 aliphatic carbocycles. The normalized spacial score (nSPS) is 18.0. The van der Waals surface area contributed by atoms with Gasteiger partial charge in [0.25, 0.3) is 5.91 Å². The molecule has 4 amide bonds. The molecule has 0 saturated carbocycles. The molecule has 10 nitrogen and oxygen atoms in total. The van der Waals surface area contributed by atoms with Crippen LogP contribution in [0.4, 0.5) is 4.79 Å². The van der Waals surface area contributed by atoms with E-state index in [1.165, 1.54) is 14.2 Å². The number of nitrogens with zero attached hydrogens (tertiary/aromatic N) is 1. The van der Waals surface area contributed by atoms with Crippen molar-refractivity contribution in [3.63, 3.8) is 0 Å². The fourth-order valence-corrected chi connectivity index (χ4v) is 2.97. The highest BCUT2D eigenvalue weighted by Gasteiger charge is 2.38. The van der Waals surface area contributed by atoms with Crippen LogP contribution in [0.15, 0.2) is 18.2 Å². The molecule has 1 fully saturated rings. The van der Waals surface area contributed by atoms with Crippen molar-refractivity contribution in [2.75, 3.05) is 27.6 Å². The van der Waals surface area contributed by atoms with E-state index in [1.807, 2.05) is 0 Å². The van der Waals surface area contributed by atoms with Crippen molar-refractivity contribution in [2.24, 2.45) is 0 Å². The van der Waals surface area contributed by atoms with Gasteiger partial charge in [0.05, 0.1) is 13.1 Å². The summed E-state index contributed by atoms with van der Waals surface area (Å²) in [5.41, 5.74) is 0.747. The molecule has 0 spiro atoms. The summed E-state index contributed by atoms with van der Waals surface area (Å²) in [6, 6.07) is 4.05. The van der Waals surface area contributed by atoms with Crippen molar-refractivity contribution in [3.05, 3.63) is 23.8 Å². The van der Waals surface area contributed by atoms with E-state index in [-0.39, 0.29) is 44.5 Å². The first-order valence-corrected chi connectivity index (χ1v) is 8.84. The van der Waals surface area contributed by atoms with Gasteiger partial charge in [0.1, 0.15) is 6.04 Å². The predicted octanol–water partition coefficient (Wildman–Crippen LogP) is 0.351. The molecule has 0 aromatic heterocycles. The van der Waals surface area contributed by atoms with E-state index in [0.717, 1.165) is 10.5 Å². The zero-order valence-corrected chi connectivity index (χ0v) is 15.7. The molecule has 10 heteroatoms. The Morgan fingerprint density at radius 1 is 1.29 bits per heavy atom. The number of nitrogens with one attached hydrogen (secondary N) is 2. The highest BCUT2D eigenvalue weighted by Crippen LogP contribution is 2.33. The van der Waals surface area contributed by atoms with E-state index in [0.29, 0.717) is 11.5 Å². The van der Waals surface area contributed by atoms with Crippen molar-refractivity contribution >= 4 is 17.8 Å². The lowest BCUT2D eigenvalue weighted by Gasteiger charge is -2.15. The first-order chi connectivity index (χ1) is 13.5. The van der Waals surface area contributed by atoms with E-state index in [1.54, 1.807) is 18.2 Å². The lowest BCUT2D eigenvalue weighted by Crippen LogP contribution is -2.36. The van der Waals surface area contributed by atoms with Crippen LogP contribution in [-0.2, 0) is 25.6 Å². The third kappa shape index (κ3) is 4.52. The van der Waals surface area contributed by atoms with Crippen LogP contribution in [0.5, 0.6) is 11.5 Å². The van der Waals surface area contributed by atoms with Crippen LogP contribution in [-0.4, -0.2) is 62.6 Å². The summed E-state index contributed by atoms with van der Waals surface area (Å²) < 4.78 is 20.5. The summed E-state index contributed by atoms with van der Waals surface area (Å²) >= 11 is 0. The number of carbonyl (C=O) groups is 3. The number of hydrogen-bond donors (Lipinski definition) is 2. The van der Waals surface area contributed by atoms with E-state index in [9.17, 15) is 14.4 Å². The highest BCUT2D eigenvalue weighted by molar-refractivity contribution is 6.04. The summed E-state index contributed by atoms with van der Waals surface area (Å²) in [6.45, 7) is 0.474. The van der Waals surface area contributed by atoms with Crippen molar-refractivity contribution in [1.29, 1.82) is 0 Å². The molecule has 3 rings (SSSR count). The largest absolute Gasteiger partial charge is 0.454 e. The van der Waals surface area contributed by atoms with E-state index < -0.39 is 18.4 Å². The number of ether oxygens (including phenoxy) is 4. The molecule has 1 aromatic rings. The van der Waals surface area contributed by atoms with Crippen LogP contribution >= 0.6 is 0 Å². The average molecular weight is 393 g/mol. The number of rotatable bonds is 9. The minimum atomic E-state index is -0.729. The van der Waals surface area contributed by atoms with Crippen molar-refractivity contribution in [3.8, 4) is 11.5 Å². The molecule has 2 heterocycles. The summed E-state index contributed by atoms with van der Waals surface area (Å²) in [5, 5.41) is 5.28. The number of hydrogen-bond acceptors (Lipinski definition) is 7. The van der Waals surface area contributed by atoms with Gasteiger partial charge in [-0.3, -0.25) is 14.5 Å². The van der Waals surface area contributed by atoms with Gasteiger partial charge in [-0.15, -0.1) is 0 Å². The Bertz CT molecular complexity index is 751. The Morgan fingerprint density at radius 3 is 2.79 bits per heavy atom. The monoisotopic (exact) mass is 393 g/mol. The highest BCUT2D eigenvalue weighted by atomic mass is 16.7. The zero-order chi connectivity index (χ0) is 20.1. The van der Waals surface area contributed by atoms with Gasteiger partial charge in [-0.05, 0) is 24.1 Å². The number of methoxy groups -OCH3 is 2. The number of imide groups is 1. The van der Waals surface area contributed by atoms with Gasteiger partial charge in [-0.2, -0.15) is 0 Å². The first kappa shape index (κ1) is 19.9. The molecular formula is C18H23N3O7. The van der Waals surface area contributed by atoms with Crippen LogP contribution in [0, 0.1) is 0 Å². The Balaban J connectivity index is 1.50. The van der Waals surface area contributed by atoms with Crippen molar-refractivity contribution < 1.29 is 33.3 Å². The number of carbonyl (C=O) groups excluding carboxylic acids is 3. The minimum absolute atomic E-state index is 0.0920. The molecule has 2 aliphatic rings. The second-order valence-electron chi connectivity index (χ2n) is 6.36. The fourth-order valence-electron chi connectivity index (χ4n) is 2.97. The standard InChI is InChI=1S/C18H23N3O7/c1-25-16(26-2)8-19-15(22)6-4-12-17(23)21(18(24)20-12)9-11-3-5-13-14(7-11)28-10-27-13/h3,5,7,12,16H,4,6,8-10H2,1-2H3,(H,19,22)(H,20,24). The van der Waals surface area contributed by atoms with Crippen molar-refractivity contribution in [2.45, 2.75) is 31.7 Å². The minimum Gasteiger partial charge on any atom is -0.454 e. The number of amides is 4. The molecular weight excluding hydrogens is 370 g/mol. The molecule has 1 saturated heterocycles. The maximum Gasteiger partial charge on any atom is 0.325 e. The van der Waals surface area contributed by atoms with Gasteiger partial charge in [0, 0.05) is 20.6 Å². The van der Waals surface area contributed by atoms with Gasteiger partial charge in [-0.1, -0.05) is 6.07 Å². The van der Waals surface area contributed by atoms with Gasteiger partial charge < -0.3 is 29.6 Å². The Kier molecular flexibility index (Phi) is 6.32. The zero-order valence-electron chi connectivity index (χ0n) is 15.7. The number of benzene rings is 1. The van der Waals surface area contributed by atoms with Gasteiger partial charge in [-0.25, -0.2) is 4.79 Å². The molecule has 1 aromatic carbocycles. The maximum atomic E-state index is 12.5. The molecule has 152 valence electrons. The Labute approximate surface area is 162 Å². The summed E-state index contributed by atoms with van der Waals surface area (Å²) in [7, 11) is 2.95. The smallest absolute Gasteiger partial charge is 0.325 e. The van der Waals surface area contributed by atoms with Crippen LogP contribution < -0.4 is 20.1 Å². The topological polar surface area (TPSA) is 115 Å². The molecule has 2 aliphatic heterocycles. The van der Waals surface area contributed by atoms with Crippen LogP contribution in [0.3, 0.4) is 0 Å². The average Bonchev–Trinajstić information content (AvgIpc) is 3.26. The van der Waals surface area contributed by atoms with E-state index >= 15 is 0 Å². The predicted molar refractivity (Wildman–Crippen MR) is 95.5 cm³/mol. The molecule has 0 radical (unpaired) electrons. The van der Waals surface area contributed by atoms with Gasteiger partial charge in [0.2, 0.25) is 12.7 Å².